The van der Waals surface area contributed by atoms with Crippen LogP contribution in [0.2, 0.25) is 0 Å². The second-order valence-corrected chi connectivity index (χ2v) is 6.77. The summed E-state index contributed by atoms with van der Waals surface area (Å²) in [6, 6.07) is 11.8. The van der Waals surface area contributed by atoms with Crippen molar-refractivity contribution in [1.29, 1.82) is 0 Å². The summed E-state index contributed by atoms with van der Waals surface area (Å²) in [4.78, 5) is 21.4. The van der Waals surface area contributed by atoms with Crippen molar-refractivity contribution < 1.29 is 13.7 Å². The standard InChI is InChI=1S/C20H22N4O3/c1-15-21-19(27-22-15)18-13-24(20(25)17-8-11-26-14-17)10-5-9-23(18)12-16-6-3-2-4-7-16/h2-4,6-8,11,14,18H,5,9-10,12-13H2,1H3. The third-order valence-electron chi connectivity index (χ3n) is 4.82. The summed E-state index contributed by atoms with van der Waals surface area (Å²) in [6.07, 6.45) is 3.88. The fourth-order valence-electron chi connectivity index (χ4n) is 3.48. The number of aromatic nitrogens is 2. The molecule has 1 aromatic carbocycles. The molecule has 7 nitrogen and oxygen atoms in total. The van der Waals surface area contributed by atoms with E-state index >= 15 is 0 Å². The molecule has 0 radical (unpaired) electrons. The van der Waals surface area contributed by atoms with Crippen molar-refractivity contribution in [2.24, 2.45) is 0 Å². The minimum absolute atomic E-state index is 0.0356. The van der Waals surface area contributed by atoms with Crippen LogP contribution in [-0.4, -0.2) is 45.5 Å². The fourth-order valence-corrected chi connectivity index (χ4v) is 3.48. The molecule has 0 bridgehead atoms. The number of aryl methyl sites for hydroxylation is 1. The van der Waals surface area contributed by atoms with Gasteiger partial charge in [0.2, 0.25) is 5.89 Å². The molecular weight excluding hydrogens is 344 g/mol. The average molecular weight is 366 g/mol. The summed E-state index contributed by atoms with van der Waals surface area (Å²) in [6.45, 7) is 4.59. The molecule has 1 saturated heterocycles. The third kappa shape index (κ3) is 3.93. The Kier molecular flexibility index (Phi) is 5.02. The topological polar surface area (TPSA) is 75.6 Å². The monoisotopic (exact) mass is 366 g/mol. The summed E-state index contributed by atoms with van der Waals surface area (Å²) in [5.74, 6) is 1.11. The predicted molar refractivity (Wildman–Crippen MR) is 97.9 cm³/mol. The maximum Gasteiger partial charge on any atom is 0.257 e. The first-order valence-electron chi connectivity index (χ1n) is 9.10. The highest BCUT2D eigenvalue weighted by molar-refractivity contribution is 5.93. The number of benzene rings is 1. The Morgan fingerprint density at radius 2 is 2.07 bits per heavy atom. The quantitative estimate of drug-likeness (QED) is 0.706. The molecule has 3 heterocycles. The van der Waals surface area contributed by atoms with E-state index in [2.05, 4.69) is 27.2 Å². The van der Waals surface area contributed by atoms with Gasteiger partial charge in [0.1, 0.15) is 12.3 Å². The van der Waals surface area contributed by atoms with Gasteiger partial charge in [-0.3, -0.25) is 9.69 Å². The van der Waals surface area contributed by atoms with Crippen LogP contribution in [-0.2, 0) is 6.54 Å². The van der Waals surface area contributed by atoms with Crippen molar-refractivity contribution in [2.75, 3.05) is 19.6 Å². The molecule has 7 heteroatoms. The maximum absolute atomic E-state index is 12.8. The van der Waals surface area contributed by atoms with Crippen LogP contribution in [0.4, 0.5) is 0 Å². The minimum Gasteiger partial charge on any atom is -0.472 e. The summed E-state index contributed by atoms with van der Waals surface area (Å²) in [5.41, 5.74) is 1.78. The number of rotatable bonds is 4. The van der Waals surface area contributed by atoms with Crippen LogP contribution < -0.4 is 0 Å². The van der Waals surface area contributed by atoms with Gasteiger partial charge in [-0.05, 0) is 25.0 Å². The van der Waals surface area contributed by atoms with Crippen molar-refractivity contribution in [1.82, 2.24) is 19.9 Å². The Labute approximate surface area is 157 Å². The largest absolute Gasteiger partial charge is 0.472 e. The van der Waals surface area contributed by atoms with E-state index in [4.69, 9.17) is 8.94 Å². The molecule has 1 fully saturated rings. The molecule has 1 atom stereocenters. The van der Waals surface area contributed by atoms with Gasteiger partial charge >= 0.3 is 0 Å². The van der Waals surface area contributed by atoms with Crippen molar-refractivity contribution in [2.45, 2.75) is 25.9 Å². The van der Waals surface area contributed by atoms with E-state index in [1.54, 1.807) is 13.0 Å². The van der Waals surface area contributed by atoms with Gasteiger partial charge in [-0.25, -0.2) is 0 Å². The van der Waals surface area contributed by atoms with Gasteiger partial charge in [-0.2, -0.15) is 4.98 Å². The Morgan fingerprint density at radius 3 is 2.78 bits per heavy atom. The fraction of sp³-hybridized carbons (Fsp3) is 0.350. The Balaban J connectivity index is 1.60. The van der Waals surface area contributed by atoms with Crippen LogP contribution in [0.15, 0.2) is 57.9 Å². The van der Waals surface area contributed by atoms with Crippen LogP contribution in [0, 0.1) is 6.92 Å². The Bertz CT molecular complexity index is 876. The normalized spacial score (nSPS) is 18.4. The molecule has 0 saturated carbocycles. The SMILES string of the molecule is Cc1noc(C2CN(C(=O)c3ccoc3)CCCN2Cc2ccccc2)n1. The molecule has 1 aliphatic rings. The number of amides is 1. The van der Waals surface area contributed by atoms with Gasteiger partial charge in [0.05, 0.1) is 11.8 Å². The summed E-state index contributed by atoms with van der Waals surface area (Å²) >= 11 is 0. The lowest BCUT2D eigenvalue weighted by molar-refractivity contribution is 0.0710. The first-order chi connectivity index (χ1) is 13.2. The Hall–Kier alpha value is -2.93. The van der Waals surface area contributed by atoms with Crippen molar-refractivity contribution >= 4 is 5.91 Å². The molecule has 0 N–H and O–H groups in total. The van der Waals surface area contributed by atoms with Gasteiger partial charge in [0, 0.05) is 26.2 Å². The first kappa shape index (κ1) is 17.5. The molecule has 1 aliphatic heterocycles. The minimum atomic E-state index is -0.148. The third-order valence-corrected chi connectivity index (χ3v) is 4.82. The molecule has 140 valence electrons. The van der Waals surface area contributed by atoms with E-state index in [1.807, 2.05) is 23.1 Å². The average Bonchev–Trinajstić information content (AvgIpc) is 3.32. The smallest absolute Gasteiger partial charge is 0.257 e. The number of hydrogen-bond acceptors (Lipinski definition) is 6. The number of carbonyl (C=O) groups excluding carboxylic acids is 1. The molecule has 4 rings (SSSR count). The second-order valence-electron chi connectivity index (χ2n) is 6.77. The molecule has 1 amide bonds. The van der Waals surface area contributed by atoms with Crippen LogP contribution >= 0.6 is 0 Å². The molecule has 0 spiro atoms. The predicted octanol–water partition coefficient (Wildman–Crippen LogP) is 3.06. The lowest BCUT2D eigenvalue weighted by Crippen LogP contribution is -2.37. The van der Waals surface area contributed by atoms with E-state index in [9.17, 15) is 4.79 Å². The van der Waals surface area contributed by atoms with Gasteiger partial charge in [-0.1, -0.05) is 35.5 Å². The van der Waals surface area contributed by atoms with Crippen LogP contribution in [0.3, 0.4) is 0 Å². The zero-order valence-corrected chi connectivity index (χ0v) is 15.2. The highest BCUT2D eigenvalue weighted by Gasteiger charge is 2.32. The first-order valence-corrected chi connectivity index (χ1v) is 9.10. The number of furan rings is 1. The maximum atomic E-state index is 12.8. The number of nitrogens with zero attached hydrogens (tertiary/aromatic N) is 4. The summed E-state index contributed by atoms with van der Waals surface area (Å²) in [7, 11) is 0. The molecule has 0 aliphatic carbocycles. The van der Waals surface area contributed by atoms with E-state index in [0.717, 1.165) is 19.5 Å². The zero-order chi connectivity index (χ0) is 18.6. The molecule has 3 aromatic rings. The summed E-state index contributed by atoms with van der Waals surface area (Å²) in [5, 5.41) is 3.95. The van der Waals surface area contributed by atoms with Crippen molar-refractivity contribution in [3.63, 3.8) is 0 Å². The number of hydrogen-bond donors (Lipinski definition) is 0. The molecule has 27 heavy (non-hydrogen) atoms. The Morgan fingerprint density at radius 1 is 1.22 bits per heavy atom. The van der Waals surface area contributed by atoms with E-state index in [0.29, 0.717) is 30.4 Å². The van der Waals surface area contributed by atoms with E-state index in [1.165, 1.54) is 18.1 Å². The molecule has 1 unspecified atom stereocenters. The van der Waals surface area contributed by atoms with E-state index < -0.39 is 0 Å². The van der Waals surface area contributed by atoms with Crippen LogP contribution in [0.5, 0.6) is 0 Å². The second kappa shape index (κ2) is 7.75. The van der Waals surface area contributed by atoms with Gasteiger partial charge in [0.25, 0.3) is 5.91 Å². The van der Waals surface area contributed by atoms with Crippen molar-refractivity contribution in [3.05, 3.63) is 71.8 Å². The van der Waals surface area contributed by atoms with Gasteiger partial charge in [0.15, 0.2) is 5.82 Å². The molecule has 2 aromatic heterocycles. The van der Waals surface area contributed by atoms with Crippen molar-refractivity contribution in [3.8, 4) is 0 Å². The zero-order valence-electron chi connectivity index (χ0n) is 15.2. The highest BCUT2D eigenvalue weighted by Crippen LogP contribution is 2.26. The highest BCUT2D eigenvalue weighted by atomic mass is 16.5. The molecular formula is C20H22N4O3. The van der Waals surface area contributed by atoms with E-state index in [-0.39, 0.29) is 11.9 Å². The van der Waals surface area contributed by atoms with Crippen LogP contribution in [0.1, 0.15) is 40.1 Å². The summed E-state index contributed by atoms with van der Waals surface area (Å²) < 4.78 is 10.6. The van der Waals surface area contributed by atoms with Gasteiger partial charge in [-0.15, -0.1) is 0 Å². The lowest BCUT2D eigenvalue weighted by atomic mass is 10.1. The lowest BCUT2D eigenvalue weighted by Gasteiger charge is -2.29. The van der Waals surface area contributed by atoms with Gasteiger partial charge < -0.3 is 13.8 Å². The van der Waals surface area contributed by atoms with Crippen LogP contribution in [0.25, 0.3) is 0 Å². The number of carbonyl (C=O) groups is 1.